The third-order valence-corrected chi connectivity index (χ3v) is 5.39. The molecule has 1 atom stereocenters. The number of rotatable bonds is 2. The minimum absolute atomic E-state index is 0.0926. The van der Waals surface area contributed by atoms with Gasteiger partial charge in [0.2, 0.25) is 10.0 Å². The summed E-state index contributed by atoms with van der Waals surface area (Å²) >= 11 is 0. The minimum Gasteiger partial charge on any atom is -0.378 e. The molecule has 5 nitrogen and oxygen atoms in total. The standard InChI is InChI=1S/C13H13F3N2O3S/c1-9-8-21-5-4-18(9)22(19,20)12-3-2-11(13(14,15)16)6-10(12)7-17/h2-3,6,9H,4-5,8H2,1H3/t9-/m0/s1. The van der Waals surface area contributed by atoms with E-state index in [2.05, 4.69) is 0 Å². The molecule has 0 amide bonds. The second-order valence-corrected chi connectivity index (χ2v) is 6.72. The van der Waals surface area contributed by atoms with E-state index in [0.29, 0.717) is 12.1 Å². The fourth-order valence-corrected chi connectivity index (χ4v) is 3.94. The highest BCUT2D eigenvalue weighted by molar-refractivity contribution is 7.89. The Hall–Kier alpha value is -1.63. The summed E-state index contributed by atoms with van der Waals surface area (Å²) in [7, 11) is -4.05. The lowest BCUT2D eigenvalue weighted by Gasteiger charge is -2.32. The Kier molecular flexibility index (Phi) is 4.47. The van der Waals surface area contributed by atoms with Crippen molar-refractivity contribution in [3.63, 3.8) is 0 Å². The molecular formula is C13H13F3N2O3S. The smallest absolute Gasteiger partial charge is 0.378 e. The van der Waals surface area contributed by atoms with Crippen LogP contribution in [0, 0.1) is 11.3 Å². The average Bonchev–Trinajstić information content (AvgIpc) is 2.45. The van der Waals surface area contributed by atoms with Crippen LogP contribution in [-0.2, 0) is 20.9 Å². The number of halogens is 3. The molecule has 22 heavy (non-hydrogen) atoms. The zero-order chi connectivity index (χ0) is 16.5. The van der Waals surface area contributed by atoms with E-state index in [9.17, 15) is 21.6 Å². The second kappa shape index (κ2) is 5.87. The van der Waals surface area contributed by atoms with Gasteiger partial charge in [-0.25, -0.2) is 8.42 Å². The molecule has 1 fully saturated rings. The maximum absolute atomic E-state index is 12.7. The first-order valence-electron chi connectivity index (χ1n) is 6.39. The fourth-order valence-electron chi connectivity index (χ4n) is 2.21. The Bertz CT molecular complexity index is 710. The molecule has 0 unspecified atom stereocenters. The number of benzene rings is 1. The summed E-state index contributed by atoms with van der Waals surface area (Å²) in [6.07, 6.45) is -4.64. The minimum atomic E-state index is -4.64. The molecule has 0 saturated carbocycles. The van der Waals surface area contributed by atoms with Gasteiger partial charge < -0.3 is 4.74 Å². The summed E-state index contributed by atoms with van der Waals surface area (Å²) in [6.45, 7) is 2.12. The molecule has 9 heteroatoms. The molecule has 1 aliphatic rings. The molecule has 0 aliphatic carbocycles. The summed E-state index contributed by atoms with van der Waals surface area (Å²) in [5.41, 5.74) is -1.58. The molecule has 1 aromatic carbocycles. The zero-order valence-electron chi connectivity index (χ0n) is 11.6. The van der Waals surface area contributed by atoms with Crippen LogP contribution < -0.4 is 0 Å². The van der Waals surface area contributed by atoms with Crippen LogP contribution in [0.3, 0.4) is 0 Å². The van der Waals surface area contributed by atoms with Crippen molar-refractivity contribution in [2.45, 2.75) is 24.0 Å². The molecule has 0 bridgehead atoms. The summed E-state index contributed by atoms with van der Waals surface area (Å²) < 4.78 is 69.4. The number of alkyl halides is 3. The number of hydrogen-bond donors (Lipinski definition) is 0. The number of ether oxygens (including phenoxy) is 1. The fraction of sp³-hybridized carbons (Fsp3) is 0.462. The van der Waals surface area contributed by atoms with E-state index >= 15 is 0 Å². The Morgan fingerprint density at radius 1 is 1.41 bits per heavy atom. The highest BCUT2D eigenvalue weighted by Crippen LogP contribution is 2.32. The van der Waals surface area contributed by atoms with E-state index in [1.807, 2.05) is 0 Å². The van der Waals surface area contributed by atoms with Crippen LogP contribution in [0.15, 0.2) is 23.1 Å². The lowest BCUT2D eigenvalue weighted by Crippen LogP contribution is -2.47. The third-order valence-electron chi connectivity index (χ3n) is 3.32. The van der Waals surface area contributed by atoms with Crippen molar-refractivity contribution in [3.8, 4) is 6.07 Å². The monoisotopic (exact) mass is 334 g/mol. The van der Waals surface area contributed by atoms with Gasteiger partial charge in [-0.05, 0) is 25.1 Å². The average molecular weight is 334 g/mol. The first-order valence-corrected chi connectivity index (χ1v) is 7.83. The van der Waals surface area contributed by atoms with Gasteiger partial charge in [0.05, 0.1) is 29.2 Å². The van der Waals surface area contributed by atoms with Gasteiger partial charge in [0.15, 0.2) is 0 Å². The summed E-state index contributed by atoms with van der Waals surface area (Å²) in [5.74, 6) is 0. The maximum Gasteiger partial charge on any atom is 0.416 e. The lowest BCUT2D eigenvalue weighted by atomic mass is 10.1. The van der Waals surface area contributed by atoms with Crippen LogP contribution in [-0.4, -0.2) is 38.5 Å². The van der Waals surface area contributed by atoms with Gasteiger partial charge in [0.1, 0.15) is 6.07 Å². The zero-order valence-corrected chi connectivity index (χ0v) is 12.4. The van der Waals surface area contributed by atoms with E-state index in [1.165, 1.54) is 6.07 Å². The first-order chi connectivity index (χ1) is 10.2. The molecule has 0 spiro atoms. The quantitative estimate of drug-likeness (QED) is 0.829. The molecule has 0 N–H and O–H groups in total. The SMILES string of the molecule is C[C@H]1COCCN1S(=O)(=O)c1ccc(C(F)(F)F)cc1C#N. The normalized spacial score (nSPS) is 20.6. The predicted molar refractivity (Wildman–Crippen MR) is 70.3 cm³/mol. The molecule has 1 aliphatic heterocycles. The molecular weight excluding hydrogens is 321 g/mol. The Morgan fingerprint density at radius 2 is 2.09 bits per heavy atom. The first kappa shape index (κ1) is 16.7. The predicted octanol–water partition coefficient (Wildman–Crippen LogP) is 1.99. The van der Waals surface area contributed by atoms with Gasteiger partial charge >= 0.3 is 6.18 Å². The topological polar surface area (TPSA) is 70.4 Å². The second-order valence-electron chi connectivity index (χ2n) is 4.86. The van der Waals surface area contributed by atoms with Crippen LogP contribution in [0.1, 0.15) is 18.1 Å². The molecule has 1 heterocycles. The molecule has 0 radical (unpaired) electrons. The van der Waals surface area contributed by atoms with E-state index < -0.39 is 38.3 Å². The molecule has 1 saturated heterocycles. The Balaban J connectivity index is 2.50. The van der Waals surface area contributed by atoms with Crippen molar-refractivity contribution >= 4 is 10.0 Å². The van der Waals surface area contributed by atoms with Crippen molar-refractivity contribution in [1.29, 1.82) is 5.26 Å². The lowest BCUT2D eigenvalue weighted by molar-refractivity contribution is -0.137. The summed E-state index contributed by atoms with van der Waals surface area (Å²) in [5, 5.41) is 9.01. The van der Waals surface area contributed by atoms with Crippen LogP contribution in [0.2, 0.25) is 0 Å². The van der Waals surface area contributed by atoms with Gasteiger partial charge in [0, 0.05) is 12.6 Å². The van der Waals surface area contributed by atoms with E-state index in [4.69, 9.17) is 10.00 Å². The number of nitrogens with zero attached hydrogens (tertiary/aromatic N) is 2. The number of sulfonamides is 1. The highest BCUT2D eigenvalue weighted by atomic mass is 32.2. The van der Waals surface area contributed by atoms with Crippen molar-refractivity contribution in [1.82, 2.24) is 4.31 Å². The van der Waals surface area contributed by atoms with Gasteiger partial charge in [-0.3, -0.25) is 0 Å². The van der Waals surface area contributed by atoms with Crippen molar-refractivity contribution in [2.24, 2.45) is 0 Å². The summed E-state index contributed by atoms with van der Waals surface area (Å²) in [6, 6.07) is 3.13. The summed E-state index contributed by atoms with van der Waals surface area (Å²) in [4.78, 5) is -0.420. The number of morpholine rings is 1. The van der Waals surface area contributed by atoms with Gasteiger partial charge in [-0.2, -0.15) is 22.7 Å². The van der Waals surface area contributed by atoms with Crippen molar-refractivity contribution < 1.29 is 26.3 Å². The van der Waals surface area contributed by atoms with Crippen LogP contribution in [0.5, 0.6) is 0 Å². The van der Waals surface area contributed by atoms with Crippen molar-refractivity contribution in [3.05, 3.63) is 29.3 Å². The van der Waals surface area contributed by atoms with Gasteiger partial charge in [0.25, 0.3) is 0 Å². The van der Waals surface area contributed by atoms with Crippen LogP contribution in [0.4, 0.5) is 13.2 Å². The van der Waals surface area contributed by atoms with Gasteiger partial charge in [-0.1, -0.05) is 0 Å². The molecule has 0 aromatic heterocycles. The molecule has 1 aromatic rings. The Labute approximate surface area is 126 Å². The maximum atomic E-state index is 12.7. The number of hydrogen-bond acceptors (Lipinski definition) is 4. The largest absolute Gasteiger partial charge is 0.416 e. The van der Waals surface area contributed by atoms with E-state index in [0.717, 1.165) is 10.4 Å². The Morgan fingerprint density at radius 3 is 2.64 bits per heavy atom. The van der Waals surface area contributed by atoms with Gasteiger partial charge in [-0.15, -0.1) is 0 Å². The van der Waals surface area contributed by atoms with Crippen LogP contribution in [0.25, 0.3) is 0 Å². The van der Waals surface area contributed by atoms with Crippen LogP contribution >= 0.6 is 0 Å². The van der Waals surface area contributed by atoms with E-state index in [-0.39, 0.29) is 19.8 Å². The van der Waals surface area contributed by atoms with E-state index in [1.54, 1.807) is 6.92 Å². The van der Waals surface area contributed by atoms with Crippen molar-refractivity contribution in [2.75, 3.05) is 19.8 Å². The molecule has 2 rings (SSSR count). The molecule has 120 valence electrons. The highest BCUT2D eigenvalue weighted by Gasteiger charge is 2.36. The third kappa shape index (κ3) is 3.09. The number of nitriles is 1.